The van der Waals surface area contributed by atoms with E-state index in [2.05, 4.69) is 64.4 Å². The van der Waals surface area contributed by atoms with E-state index in [0.717, 1.165) is 36.3 Å². The van der Waals surface area contributed by atoms with E-state index in [1.54, 1.807) is 11.3 Å². The average Bonchev–Trinajstić information content (AvgIpc) is 3.17. The van der Waals surface area contributed by atoms with Gasteiger partial charge in [0.25, 0.3) is 0 Å². The zero-order chi connectivity index (χ0) is 16.2. The van der Waals surface area contributed by atoms with Crippen LogP contribution in [0.25, 0.3) is 0 Å². The molecule has 0 radical (unpaired) electrons. The lowest BCUT2D eigenvalue weighted by atomic mass is 9.99. The molecule has 23 heavy (non-hydrogen) atoms. The lowest BCUT2D eigenvalue weighted by molar-refractivity contribution is 0.485. The second-order valence-corrected chi connectivity index (χ2v) is 7.28. The molecule has 0 spiro atoms. The van der Waals surface area contributed by atoms with Gasteiger partial charge < -0.3 is 10.2 Å². The second-order valence-electron chi connectivity index (χ2n) is 5.99. The third-order valence-corrected chi connectivity index (χ3v) is 5.51. The van der Waals surface area contributed by atoms with Gasteiger partial charge in [-0.25, -0.2) is 4.98 Å². The molecule has 1 fully saturated rings. The van der Waals surface area contributed by atoms with Crippen LogP contribution in [0.4, 0.5) is 0 Å². The number of nitrogens with one attached hydrogen (secondary N) is 1. The smallest absolute Gasteiger partial charge is 0.194 e. The SMILES string of the molecule is CN=C(NCc1nc(C)c(C)s1)N1CCC(c2ccccc2)C1. The Labute approximate surface area is 142 Å². The monoisotopic (exact) mass is 328 g/mol. The average molecular weight is 328 g/mol. The molecule has 122 valence electrons. The van der Waals surface area contributed by atoms with Crippen molar-refractivity contribution in [2.75, 3.05) is 20.1 Å². The van der Waals surface area contributed by atoms with Gasteiger partial charge in [-0.3, -0.25) is 4.99 Å². The minimum atomic E-state index is 0.596. The van der Waals surface area contributed by atoms with Crippen LogP contribution in [-0.2, 0) is 6.54 Å². The van der Waals surface area contributed by atoms with Crippen LogP contribution >= 0.6 is 11.3 Å². The summed E-state index contributed by atoms with van der Waals surface area (Å²) in [6.45, 7) is 7.01. The van der Waals surface area contributed by atoms with Crippen molar-refractivity contribution in [3.8, 4) is 0 Å². The summed E-state index contributed by atoms with van der Waals surface area (Å²) in [4.78, 5) is 12.7. The van der Waals surface area contributed by atoms with Crippen LogP contribution in [-0.4, -0.2) is 36.0 Å². The highest BCUT2D eigenvalue weighted by atomic mass is 32.1. The van der Waals surface area contributed by atoms with Gasteiger partial charge in [-0.05, 0) is 25.8 Å². The van der Waals surface area contributed by atoms with Gasteiger partial charge in [-0.15, -0.1) is 11.3 Å². The predicted octanol–water partition coefficient (Wildman–Crippen LogP) is 3.32. The Hall–Kier alpha value is -1.88. The topological polar surface area (TPSA) is 40.5 Å². The molecule has 1 aromatic carbocycles. The van der Waals surface area contributed by atoms with E-state index >= 15 is 0 Å². The minimum absolute atomic E-state index is 0.596. The Kier molecular flexibility index (Phi) is 4.96. The number of nitrogens with zero attached hydrogens (tertiary/aromatic N) is 3. The fraction of sp³-hybridized carbons (Fsp3) is 0.444. The number of thiazole rings is 1. The van der Waals surface area contributed by atoms with Crippen LogP contribution in [0.15, 0.2) is 35.3 Å². The molecule has 1 unspecified atom stereocenters. The molecule has 5 heteroatoms. The fourth-order valence-corrected chi connectivity index (χ4v) is 3.93. The van der Waals surface area contributed by atoms with E-state index in [4.69, 9.17) is 0 Å². The second kappa shape index (κ2) is 7.13. The molecule has 0 aliphatic carbocycles. The Bertz CT molecular complexity index is 658. The maximum absolute atomic E-state index is 4.59. The number of hydrogen-bond acceptors (Lipinski definition) is 3. The number of likely N-dealkylation sites (tertiary alicyclic amines) is 1. The van der Waals surface area contributed by atoms with Crippen LogP contribution in [0.1, 0.15) is 33.5 Å². The molecule has 0 saturated carbocycles. The molecular weight excluding hydrogens is 304 g/mol. The largest absolute Gasteiger partial charge is 0.350 e. The van der Waals surface area contributed by atoms with Crippen LogP contribution < -0.4 is 5.32 Å². The van der Waals surface area contributed by atoms with E-state index < -0.39 is 0 Å². The molecule has 1 saturated heterocycles. The highest BCUT2D eigenvalue weighted by molar-refractivity contribution is 7.11. The summed E-state index contributed by atoms with van der Waals surface area (Å²) in [7, 11) is 1.86. The lowest BCUT2D eigenvalue weighted by Gasteiger charge is -2.21. The summed E-state index contributed by atoms with van der Waals surface area (Å²) in [5, 5.41) is 4.59. The normalized spacial score (nSPS) is 18.5. The molecule has 1 N–H and O–H groups in total. The van der Waals surface area contributed by atoms with Crippen LogP contribution in [0.2, 0.25) is 0 Å². The summed E-state index contributed by atoms with van der Waals surface area (Å²) in [6, 6.07) is 10.8. The third kappa shape index (κ3) is 3.72. The lowest BCUT2D eigenvalue weighted by Crippen LogP contribution is -2.39. The molecule has 1 aliphatic heterocycles. The molecule has 2 aromatic rings. The maximum atomic E-state index is 4.59. The number of aliphatic imine (C=N–C) groups is 1. The third-order valence-electron chi connectivity index (χ3n) is 4.44. The molecule has 3 rings (SSSR count). The first-order valence-electron chi connectivity index (χ1n) is 8.11. The van der Waals surface area contributed by atoms with Gasteiger partial charge in [-0.2, -0.15) is 0 Å². The number of benzene rings is 1. The summed E-state index contributed by atoms with van der Waals surface area (Å²) in [5.41, 5.74) is 2.56. The zero-order valence-corrected chi connectivity index (χ0v) is 14.9. The number of hydrogen-bond donors (Lipinski definition) is 1. The van der Waals surface area contributed by atoms with Crippen molar-refractivity contribution in [1.82, 2.24) is 15.2 Å². The molecular formula is C18H24N4S. The summed E-state index contributed by atoms with van der Waals surface area (Å²) in [6.07, 6.45) is 1.18. The van der Waals surface area contributed by atoms with Crippen molar-refractivity contribution < 1.29 is 0 Å². The van der Waals surface area contributed by atoms with Crippen LogP contribution in [0.3, 0.4) is 0 Å². The van der Waals surface area contributed by atoms with Gasteiger partial charge >= 0.3 is 0 Å². The minimum Gasteiger partial charge on any atom is -0.350 e. The van der Waals surface area contributed by atoms with Crippen molar-refractivity contribution in [3.63, 3.8) is 0 Å². The molecule has 1 atom stereocenters. The first-order valence-corrected chi connectivity index (χ1v) is 8.92. The van der Waals surface area contributed by atoms with E-state index in [0.29, 0.717) is 5.92 Å². The van der Waals surface area contributed by atoms with Crippen LogP contribution in [0, 0.1) is 13.8 Å². The van der Waals surface area contributed by atoms with Gasteiger partial charge in [0.15, 0.2) is 5.96 Å². The first kappa shape index (κ1) is 16.0. The fourth-order valence-electron chi connectivity index (χ4n) is 3.05. The highest BCUT2D eigenvalue weighted by Gasteiger charge is 2.25. The maximum Gasteiger partial charge on any atom is 0.194 e. The van der Waals surface area contributed by atoms with E-state index in [1.807, 2.05) is 7.05 Å². The van der Waals surface area contributed by atoms with E-state index in [-0.39, 0.29) is 0 Å². The Morgan fingerprint density at radius 3 is 2.78 bits per heavy atom. The molecule has 0 bridgehead atoms. The molecule has 2 heterocycles. The number of guanidine groups is 1. The summed E-state index contributed by atoms with van der Waals surface area (Å²) < 4.78 is 0. The Balaban J connectivity index is 1.59. The molecule has 1 aromatic heterocycles. The highest BCUT2D eigenvalue weighted by Crippen LogP contribution is 2.27. The van der Waals surface area contributed by atoms with Crippen molar-refractivity contribution in [2.24, 2.45) is 4.99 Å². The molecule has 0 amide bonds. The van der Waals surface area contributed by atoms with E-state index in [1.165, 1.54) is 16.9 Å². The van der Waals surface area contributed by atoms with Gasteiger partial charge in [-0.1, -0.05) is 30.3 Å². The quantitative estimate of drug-likeness (QED) is 0.694. The summed E-state index contributed by atoms with van der Waals surface area (Å²) >= 11 is 1.76. The Morgan fingerprint density at radius 2 is 2.13 bits per heavy atom. The number of rotatable bonds is 3. The Morgan fingerprint density at radius 1 is 1.35 bits per heavy atom. The van der Waals surface area contributed by atoms with Crippen molar-refractivity contribution >= 4 is 17.3 Å². The zero-order valence-electron chi connectivity index (χ0n) is 14.0. The summed E-state index contributed by atoms with van der Waals surface area (Å²) in [5.74, 6) is 1.58. The number of aromatic nitrogens is 1. The predicted molar refractivity (Wildman–Crippen MR) is 97.2 cm³/mol. The van der Waals surface area contributed by atoms with Crippen LogP contribution in [0.5, 0.6) is 0 Å². The molecule has 1 aliphatic rings. The number of aryl methyl sites for hydroxylation is 2. The van der Waals surface area contributed by atoms with E-state index in [9.17, 15) is 0 Å². The standard InChI is InChI=1S/C18H24N4S/c1-13-14(2)23-17(21-13)11-20-18(19-3)22-10-9-16(12-22)15-7-5-4-6-8-15/h4-8,16H,9-12H2,1-3H3,(H,19,20). The van der Waals surface area contributed by atoms with Gasteiger partial charge in [0.05, 0.1) is 12.2 Å². The van der Waals surface area contributed by atoms with Crippen molar-refractivity contribution in [2.45, 2.75) is 32.7 Å². The first-order chi connectivity index (χ1) is 11.2. The van der Waals surface area contributed by atoms with Crippen molar-refractivity contribution in [1.29, 1.82) is 0 Å². The van der Waals surface area contributed by atoms with Gasteiger partial charge in [0.2, 0.25) is 0 Å². The van der Waals surface area contributed by atoms with Gasteiger partial charge in [0, 0.05) is 30.9 Å². The van der Waals surface area contributed by atoms with Crippen molar-refractivity contribution in [3.05, 3.63) is 51.5 Å². The van der Waals surface area contributed by atoms with Gasteiger partial charge in [0.1, 0.15) is 5.01 Å². The molecule has 4 nitrogen and oxygen atoms in total.